The van der Waals surface area contributed by atoms with Gasteiger partial charge in [-0.3, -0.25) is 0 Å². The van der Waals surface area contributed by atoms with E-state index in [9.17, 15) is 0 Å². The minimum atomic E-state index is 0.261. The van der Waals surface area contributed by atoms with Gasteiger partial charge < -0.3 is 0 Å². The second kappa shape index (κ2) is 7.95. The summed E-state index contributed by atoms with van der Waals surface area (Å²) in [5, 5.41) is 0. The summed E-state index contributed by atoms with van der Waals surface area (Å²) >= 11 is 0. The van der Waals surface area contributed by atoms with E-state index in [4.69, 9.17) is 0 Å². The largest absolute Gasteiger partial charge is 0.0726 e. The molecule has 0 fully saturated rings. The van der Waals surface area contributed by atoms with Crippen molar-refractivity contribution in [1.29, 1.82) is 0 Å². The van der Waals surface area contributed by atoms with Gasteiger partial charge in [0.1, 0.15) is 0 Å². The van der Waals surface area contributed by atoms with Crippen molar-refractivity contribution in [2.75, 3.05) is 0 Å². The Morgan fingerprint density at radius 3 is 1.30 bits per heavy atom. The monoisotopic (exact) mass is 296 g/mol. The lowest BCUT2D eigenvalue weighted by atomic mass is 9.96. The molecule has 0 heteroatoms. The van der Waals surface area contributed by atoms with E-state index < -0.39 is 0 Å². The topological polar surface area (TPSA) is 0 Å². The van der Waals surface area contributed by atoms with E-state index in [0.29, 0.717) is 0 Å². The molecule has 112 valence electrons. The predicted molar refractivity (Wildman–Crippen MR) is 100 cm³/mol. The molecule has 0 amide bonds. The number of allylic oxidation sites excluding steroid dienone is 2. The molecule has 0 bridgehead atoms. The molecule has 0 aliphatic rings. The Morgan fingerprint density at radius 2 is 0.870 bits per heavy atom. The molecule has 0 spiro atoms. The minimum absolute atomic E-state index is 0.261. The summed E-state index contributed by atoms with van der Waals surface area (Å²) in [4.78, 5) is 0. The molecule has 3 rings (SSSR count). The van der Waals surface area contributed by atoms with Crippen LogP contribution >= 0.6 is 0 Å². The summed E-state index contributed by atoms with van der Waals surface area (Å²) in [5.74, 6) is 0.261. The summed E-state index contributed by atoms with van der Waals surface area (Å²) in [6.45, 7) is 0. The van der Waals surface area contributed by atoms with E-state index in [1.54, 1.807) is 0 Å². The maximum absolute atomic E-state index is 2.25. The Hall–Kier alpha value is -2.86. The zero-order valence-corrected chi connectivity index (χ0v) is 13.0. The Morgan fingerprint density at radius 1 is 0.478 bits per heavy atom. The average Bonchev–Trinajstić information content (AvgIpc) is 2.64. The predicted octanol–water partition coefficient (Wildman–Crippen LogP) is 6.20. The molecule has 0 aliphatic heterocycles. The van der Waals surface area contributed by atoms with Crippen LogP contribution in [-0.2, 0) is 0 Å². The SMILES string of the molecule is C(=C/C(/C=C/c1ccccc1)c1ccccc1)/c1ccccc1. The first-order valence-electron chi connectivity index (χ1n) is 7.93. The van der Waals surface area contributed by atoms with Crippen molar-refractivity contribution in [1.82, 2.24) is 0 Å². The lowest BCUT2D eigenvalue weighted by molar-refractivity contribution is 1.10. The molecule has 0 radical (unpaired) electrons. The van der Waals surface area contributed by atoms with Crippen LogP contribution in [0.25, 0.3) is 12.2 Å². The van der Waals surface area contributed by atoms with Crippen molar-refractivity contribution in [2.24, 2.45) is 0 Å². The summed E-state index contributed by atoms with van der Waals surface area (Å²) in [6.07, 6.45) is 8.88. The normalized spacial score (nSPS) is 12.7. The molecule has 0 saturated carbocycles. The number of hydrogen-bond donors (Lipinski definition) is 0. The molecule has 0 heterocycles. The average molecular weight is 296 g/mol. The van der Waals surface area contributed by atoms with Gasteiger partial charge in [0, 0.05) is 5.92 Å². The number of hydrogen-bond acceptors (Lipinski definition) is 0. The Balaban J connectivity index is 1.85. The van der Waals surface area contributed by atoms with Crippen molar-refractivity contribution in [3.63, 3.8) is 0 Å². The van der Waals surface area contributed by atoms with Gasteiger partial charge >= 0.3 is 0 Å². The molecule has 3 aromatic rings. The van der Waals surface area contributed by atoms with Crippen molar-refractivity contribution in [3.8, 4) is 0 Å². The van der Waals surface area contributed by atoms with Crippen LogP contribution in [0.2, 0.25) is 0 Å². The van der Waals surface area contributed by atoms with Crippen molar-refractivity contribution < 1.29 is 0 Å². The van der Waals surface area contributed by atoms with Crippen LogP contribution in [0, 0.1) is 0 Å². The molecule has 1 unspecified atom stereocenters. The standard InChI is InChI=1S/C23H20/c1-4-10-20(11-5-1)16-18-23(22-14-8-3-9-15-22)19-17-21-12-6-2-7-13-21/h1-19,23H/b18-16-,19-17+. The summed E-state index contributed by atoms with van der Waals surface area (Å²) in [7, 11) is 0. The fourth-order valence-electron chi connectivity index (χ4n) is 2.52. The molecule has 0 saturated heterocycles. The molecule has 0 aromatic heterocycles. The first kappa shape index (κ1) is 15.1. The molecular weight excluding hydrogens is 276 g/mol. The van der Waals surface area contributed by atoms with E-state index in [0.717, 1.165) is 0 Å². The van der Waals surface area contributed by atoms with Crippen LogP contribution in [-0.4, -0.2) is 0 Å². The highest BCUT2D eigenvalue weighted by molar-refractivity contribution is 5.55. The van der Waals surface area contributed by atoms with E-state index in [2.05, 4.69) is 103 Å². The van der Waals surface area contributed by atoms with Crippen LogP contribution in [0.5, 0.6) is 0 Å². The Bertz CT molecular complexity index is 703. The van der Waals surface area contributed by atoms with Gasteiger partial charge in [-0.1, -0.05) is 115 Å². The molecule has 3 aromatic carbocycles. The van der Waals surface area contributed by atoms with Crippen LogP contribution in [0.15, 0.2) is 103 Å². The highest BCUT2D eigenvalue weighted by atomic mass is 14.1. The van der Waals surface area contributed by atoms with E-state index >= 15 is 0 Å². The van der Waals surface area contributed by atoms with Gasteiger partial charge in [-0.25, -0.2) is 0 Å². The maximum Gasteiger partial charge on any atom is 0.0205 e. The van der Waals surface area contributed by atoms with Gasteiger partial charge in [0.2, 0.25) is 0 Å². The minimum Gasteiger partial charge on any atom is -0.0726 e. The highest BCUT2D eigenvalue weighted by Crippen LogP contribution is 2.21. The summed E-state index contributed by atoms with van der Waals surface area (Å²) < 4.78 is 0. The first-order valence-corrected chi connectivity index (χ1v) is 7.93. The summed E-state index contributed by atoms with van der Waals surface area (Å²) in [6, 6.07) is 31.4. The van der Waals surface area contributed by atoms with Gasteiger partial charge in [-0.15, -0.1) is 0 Å². The van der Waals surface area contributed by atoms with Crippen LogP contribution in [0.1, 0.15) is 22.6 Å². The van der Waals surface area contributed by atoms with Crippen LogP contribution in [0.4, 0.5) is 0 Å². The lowest BCUT2D eigenvalue weighted by Gasteiger charge is -2.08. The maximum atomic E-state index is 2.25. The fraction of sp³-hybridized carbons (Fsp3) is 0.0435. The second-order valence-corrected chi connectivity index (χ2v) is 5.48. The van der Waals surface area contributed by atoms with Crippen molar-refractivity contribution >= 4 is 12.2 Å². The third-order valence-electron chi connectivity index (χ3n) is 3.78. The van der Waals surface area contributed by atoms with Gasteiger partial charge in [-0.2, -0.15) is 0 Å². The molecule has 23 heavy (non-hydrogen) atoms. The van der Waals surface area contributed by atoms with Gasteiger partial charge in [0.25, 0.3) is 0 Å². The smallest absolute Gasteiger partial charge is 0.0205 e. The van der Waals surface area contributed by atoms with Crippen LogP contribution in [0.3, 0.4) is 0 Å². The zero-order chi connectivity index (χ0) is 15.7. The van der Waals surface area contributed by atoms with Crippen molar-refractivity contribution in [3.05, 3.63) is 120 Å². The third kappa shape index (κ3) is 4.55. The number of benzene rings is 3. The molecule has 1 atom stereocenters. The molecule has 0 N–H and O–H groups in total. The van der Waals surface area contributed by atoms with Gasteiger partial charge in [0.05, 0.1) is 0 Å². The van der Waals surface area contributed by atoms with E-state index in [-0.39, 0.29) is 5.92 Å². The Kier molecular flexibility index (Phi) is 5.21. The summed E-state index contributed by atoms with van der Waals surface area (Å²) in [5.41, 5.74) is 3.75. The first-order chi connectivity index (χ1) is 11.4. The van der Waals surface area contributed by atoms with Crippen molar-refractivity contribution in [2.45, 2.75) is 5.92 Å². The molecule has 0 nitrogen and oxygen atoms in total. The quantitative estimate of drug-likeness (QED) is 0.526. The second-order valence-electron chi connectivity index (χ2n) is 5.48. The zero-order valence-electron chi connectivity index (χ0n) is 13.0. The van der Waals surface area contributed by atoms with Crippen LogP contribution < -0.4 is 0 Å². The van der Waals surface area contributed by atoms with E-state index in [1.165, 1.54) is 16.7 Å². The molecular formula is C23H20. The Labute approximate surface area is 138 Å². The number of rotatable bonds is 5. The van der Waals surface area contributed by atoms with Gasteiger partial charge in [0.15, 0.2) is 0 Å². The van der Waals surface area contributed by atoms with E-state index in [1.807, 2.05) is 12.1 Å². The molecule has 0 aliphatic carbocycles. The third-order valence-corrected chi connectivity index (χ3v) is 3.78. The van der Waals surface area contributed by atoms with Gasteiger partial charge in [-0.05, 0) is 16.7 Å². The lowest BCUT2D eigenvalue weighted by Crippen LogP contribution is -1.90. The highest BCUT2D eigenvalue weighted by Gasteiger charge is 2.03. The fourth-order valence-corrected chi connectivity index (χ4v) is 2.52.